The van der Waals surface area contributed by atoms with Gasteiger partial charge in [-0.1, -0.05) is 48.5 Å². The second-order valence-corrected chi connectivity index (χ2v) is 8.29. The summed E-state index contributed by atoms with van der Waals surface area (Å²) in [5, 5.41) is 0. The monoisotopic (exact) mass is 420 g/mol. The first-order chi connectivity index (χ1) is 15.1. The van der Waals surface area contributed by atoms with Gasteiger partial charge in [-0.2, -0.15) is 0 Å². The van der Waals surface area contributed by atoms with E-state index in [4.69, 9.17) is 4.42 Å². The summed E-state index contributed by atoms with van der Waals surface area (Å²) < 4.78 is 19.9. The highest BCUT2D eigenvalue weighted by atomic mass is 19.1. The lowest BCUT2D eigenvalue weighted by Gasteiger charge is -2.27. The van der Waals surface area contributed by atoms with Crippen LogP contribution in [0, 0.1) is 12.7 Å². The molecule has 1 amide bonds. The maximum Gasteiger partial charge on any atom is 0.237 e. The van der Waals surface area contributed by atoms with Crippen molar-refractivity contribution in [1.82, 2.24) is 9.80 Å². The zero-order valence-electron chi connectivity index (χ0n) is 18.0. The van der Waals surface area contributed by atoms with Crippen LogP contribution in [0.5, 0.6) is 0 Å². The van der Waals surface area contributed by atoms with Gasteiger partial charge in [-0.15, -0.1) is 0 Å². The molecule has 1 aromatic heterocycles. The van der Waals surface area contributed by atoms with E-state index in [1.54, 1.807) is 12.1 Å². The number of aryl methyl sites for hydroxylation is 1. The Morgan fingerprint density at radius 3 is 2.42 bits per heavy atom. The van der Waals surface area contributed by atoms with E-state index in [1.807, 2.05) is 48.2 Å². The van der Waals surface area contributed by atoms with E-state index in [0.29, 0.717) is 31.2 Å². The highest BCUT2D eigenvalue weighted by molar-refractivity contribution is 5.78. The molecule has 1 aliphatic carbocycles. The van der Waals surface area contributed by atoms with Gasteiger partial charge >= 0.3 is 0 Å². The molecule has 0 bridgehead atoms. The number of hydrogen-bond acceptors (Lipinski definition) is 3. The lowest BCUT2D eigenvalue weighted by Crippen LogP contribution is -2.41. The van der Waals surface area contributed by atoms with Crippen LogP contribution in [0.1, 0.15) is 35.5 Å². The third-order valence-electron chi connectivity index (χ3n) is 5.74. The minimum Gasteiger partial charge on any atom is -0.464 e. The smallest absolute Gasteiger partial charge is 0.237 e. The Kier molecular flexibility index (Phi) is 6.82. The number of halogens is 1. The van der Waals surface area contributed by atoms with Crippen LogP contribution in [0.25, 0.3) is 0 Å². The maximum atomic E-state index is 14.2. The third kappa shape index (κ3) is 6.05. The van der Waals surface area contributed by atoms with E-state index in [1.165, 1.54) is 11.6 Å². The van der Waals surface area contributed by atoms with Crippen molar-refractivity contribution in [2.45, 2.75) is 45.3 Å². The summed E-state index contributed by atoms with van der Waals surface area (Å²) in [5.41, 5.74) is 1.83. The molecule has 4 nitrogen and oxygen atoms in total. The fourth-order valence-electron chi connectivity index (χ4n) is 3.83. The van der Waals surface area contributed by atoms with Crippen LogP contribution in [0.4, 0.5) is 4.39 Å². The number of carbonyl (C=O) groups is 1. The fourth-order valence-corrected chi connectivity index (χ4v) is 3.83. The summed E-state index contributed by atoms with van der Waals surface area (Å²) in [6.07, 6.45) is 2.90. The molecular formula is C26H29FN2O2. The zero-order valence-corrected chi connectivity index (χ0v) is 18.0. The lowest BCUT2D eigenvalue weighted by atomic mass is 10.1. The van der Waals surface area contributed by atoms with Gasteiger partial charge in [0, 0.05) is 24.7 Å². The quantitative estimate of drug-likeness (QED) is 0.465. The minimum absolute atomic E-state index is 0.0493. The molecule has 1 fully saturated rings. The molecule has 5 heteroatoms. The summed E-state index contributed by atoms with van der Waals surface area (Å²) in [7, 11) is 0. The molecular weight excluding hydrogens is 391 g/mol. The van der Waals surface area contributed by atoms with Crippen molar-refractivity contribution in [3.05, 3.63) is 95.2 Å². The highest BCUT2D eigenvalue weighted by Gasteiger charge is 2.32. The van der Waals surface area contributed by atoms with Crippen LogP contribution in [-0.2, 0) is 24.3 Å². The fraction of sp³-hybridized carbons (Fsp3) is 0.346. The Balaban J connectivity index is 1.45. The van der Waals surface area contributed by atoms with Crippen LogP contribution < -0.4 is 0 Å². The van der Waals surface area contributed by atoms with E-state index in [-0.39, 0.29) is 18.3 Å². The van der Waals surface area contributed by atoms with Crippen molar-refractivity contribution >= 4 is 5.91 Å². The first kappa shape index (κ1) is 21.3. The van der Waals surface area contributed by atoms with Gasteiger partial charge in [-0.05, 0) is 49.9 Å². The Hall–Kier alpha value is -2.92. The summed E-state index contributed by atoms with van der Waals surface area (Å²) >= 11 is 0. The zero-order chi connectivity index (χ0) is 21.6. The Labute approximate surface area is 183 Å². The minimum atomic E-state index is -0.215. The van der Waals surface area contributed by atoms with E-state index in [2.05, 4.69) is 17.0 Å². The Morgan fingerprint density at radius 2 is 1.74 bits per heavy atom. The predicted octanol–water partition coefficient (Wildman–Crippen LogP) is 4.96. The molecule has 0 radical (unpaired) electrons. The number of amides is 1. The number of nitrogens with zero attached hydrogens (tertiary/aromatic N) is 2. The second kappa shape index (κ2) is 9.92. The van der Waals surface area contributed by atoms with Crippen molar-refractivity contribution in [1.29, 1.82) is 0 Å². The molecule has 2 aromatic carbocycles. The topological polar surface area (TPSA) is 36.7 Å². The molecule has 0 atom stereocenters. The number of carbonyl (C=O) groups excluding carboxylic acids is 1. The van der Waals surface area contributed by atoms with Gasteiger partial charge in [-0.3, -0.25) is 9.69 Å². The molecule has 162 valence electrons. The van der Waals surface area contributed by atoms with Crippen LogP contribution in [0.15, 0.2) is 71.1 Å². The molecule has 0 N–H and O–H groups in total. The average Bonchev–Trinajstić information content (AvgIpc) is 3.54. The lowest BCUT2D eigenvalue weighted by molar-refractivity contribution is -0.133. The van der Waals surface area contributed by atoms with Gasteiger partial charge < -0.3 is 9.32 Å². The summed E-state index contributed by atoms with van der Waals surface area (Å²) in [5.74, 6) is 1.46. The number of benzene rings is 2. The second-order valence-electron chi connectivity index (χ2n) is 8.29. The van der Waals surface area contributed by atoms with Gasteiger partial charge in [0.15, 0.2) is 0 Å². The normalized spacial score (nSPS) is 13.5. The third-order valence-corrected chi connectivity index (χ3v) is 5.74. The number of furan rings is 1. The van der Waals surface area contributed by atoms with E-state index >= 15 is 0 Å². The molecule has 4 rings (SSSR count). The van der Waals surface area contributed by atoms with Crippen LogP contribution in [0.2, 0.25) is 0 Å². The van der Waals surface area contributed by atoms with Crippen LogP contribution in [0.3, 0.4) is 0 Å². The molecule has 1 aliphatic rings. The molecule has 1 heterocycles. The van der Waals surface area contributed by atoms with E-state index in [0.717, 1.165) is 30.8 Å². The molecule has 1 saturated carbocycles. The van der Waals surface area contributed by atoms with Crippen LogP contribution in [-0.4, -0.2) is 34.8 Å². The van der Waals surface area contributed by atoms with E-state index in [9.17, 15) is 9.18 Å². The SMILES string of the molecule is Cc1ccc(CN(CCc2ccccc2)C(=O)CN(Cc2ccccc2F)C2CC2)o1. The van der Waals surface area contributed by atoms with E-state index < -0.39 is 0 Å². The first-order valence-electron chi connectivity index (χ1n) is 10.9. The summed E-state index contributed by atoms with van der Waals surface area (Å²) in [6, 6.07) is 21.2. The average molecular weight is 421 g/mol. The van der Waals surface area contributed by atoms with Crippen molar-refractivity contribution in [2.24, 2.45) is 0 Å². The van der Waals surface area contributed by atoms with Gasteiger partial charge in [0.1, 0.15) is 17.3 Å². The Bertz CT molecular complexity index is 997. The summed E-state index contributed by atoms with van der Waals surface area (Å²) in [6.45, 7) is 3.70. The molecule has 31 heavy (non-hydrogen) atoms. The van der Waals surface area contributed by atoms with Gasteiger partial charge in [0.05, 0.1) is 13.1 Å². The van der Waals surface area contributed by atoms with Gasteiger partial charge in [-0.25, -0.2) is 4.39 Å². The molecule has 0 spiro atoms. The summed E-state index contributed by atoms with van der Waals surface area (Å²) in [4.78, 5) is 17.3. The van der Waals surface area contributed by atoms with Crippen molar-refractivity contribution < 1.29 is 13.6 Å². The van der Waals surface area contributed by atoms with Gasteiger partial charge in [0.25, 0.3) is 0 Å². The van der Waals surface area contributed by atoms with Crippen molar-refractivity contribution in [3.8, 4) is 0 Å². The van der Waals surface area contributed by atoms with Crippen molar-refractivity contribution in [2.75, 3.05) is 13.1 Å². The van der Waals surface area contributed by atoms with Crippen LogP contribution >= 0.6 is 0 Å². The number of rotatable bonds is 10. The Morgan fingerprint density at radius 1 is 1.00 bits per heavy atom. The standard InChI is InChI=1S/C26H29FN2O2/c1-20-11-14-24(31-20)18-28(16-15-21-7-3-2-4-8-21)26(30)19-29(23-12-13-23)17-22-9-5-6-10-25(22)27/h2-11,14,23H,12-13,15-19H2,1H3. The van der Waals surface area contributed by atoms with Gasteiger partial charge in [0.2, 0.25) is 5.91 Å². The largest absolute Gasteiger partial charge is 0.464 e. The predicted molar refractivity (Wildman–Crippen MR) is 119 cm³/mol. The highest BCUT2D eigenvalue weighted by Crippen LogP contribution is 2.29. The molecule has 0 unspecified atom stereocenters. The first-order valence-corrected chi connectivity index (χ1v) is 10.9. The number of hydrogen-bond donors (Lipinski definition) is 0. The molecule has 0 saturated heterocycles. The molecule has 3 aromatic rings. The molecule has 0 aliphatic heterocycles. The maximum absolute atomic E-state index is 14.2. The van der Waals surface area contributed by atoms with Crippen molar-refractivity contribution in [3.63, 3.8) is 0 Å².